The highest BCUT2D eigenvalue weighted by atomic mass is 16.3. The van der Waals surface area contributed by atoms with Crippen LogP contribution in [0.2, 0.25) is 0 Å². The average Bonchev–Trinajstić information content (AvgIpc) is 2.96. The van der Waals surface area contributed by atoms with Gasteiger partial charge in [-0.25, -0.2) is 0 Å². The summed E-state index contributed by atoms with van der Waals surface area (Å²) in [4.78, 5) is 12.3. The molecule has 0 aromatic heterocycles. The fraction of sp³-hybridized carbons (Fsp3) is 0.743. The Morgan fingerprint density at radius 1 is 0.600 bits per heavy atom. The predicted molar refractivity (Wildman–Crippen MR) is 171 cm³/mol. The fourth-order valence-corrected chi connectivity index (χ4v) is 4.43. The van der Waals surface area contributed by atoms with E-state index in [-0.39, 0.29) is 6.61 Å². The smallest absolute Gasteiger partial charge is 0.249 e. The number of carbonyl (C=O) groups is 1. The minimum absolute atomic E-state index is 0.387. The first-order valence-electron chi connectivity index (χ1n) is 16.5. The molecule has 3 atom stereocenters. The largest absolute Gasteiger partial charge is 0.394 e. The van der Waals surface area contributed by atoms with E-state index in [9.17, 15) is 20.1 Å². The summed E-state index contributed by atoms with van der Waals surface area (Å²) in [6.45, 7) is 4.06. The molecule has 0 aliphatic heterocycles. The van der Waals surface area contributed by atoms with Crippen LogP contribution in [0.15, 0.2) is 48.6 Å². The molecule has 0 rings (SSSR count). The molecule has 0 aromatic carbocycles. The van der Waals surface area contributed by atoms with Crippen molar-refractivity contribution in [2.24, 2.45) is 0 Å². The molecule has 40 heavy (non-hydrogen) atoms. The SMILES string of the molecule is CCCC/C=C\CCCCCCC(O)C(=O)NC(CO)C(O)/C=C/CC/C=C/CC/C=C/CCCCCCCC. The third kappa shape index (κ3) is 25.3. The third-order valence-corrected chi connectivity index (χ3v) is 7.12. The molecule has 4 N–H and O–H groups in total. The third-order valence-electron chi connectivity index (χ3n) is 7.12. The van der Waals surface area contributed by atoms with Crippen LogP contribution in [-0.4, -0.2) is 46.1 Å². The van der Waals surface area contributed by atoms with E-state index in [4.69, 9.17) is 0 Å². The predicted octanol–water partition coefficient (Wildman–Crippen LogP) is 8.25. The molecule has 1 amide bonds. The highest BCUT2D eigenvalue weighted by Crippen LogP contribution is 2.10. The molecule has 0 radical (unpaired) electrons. The van der Waals surface area contributed by atoms with Crippen molar-refractivity contribution in [1.29, 1.82) is 0 Å². The van der Waals surface area contributed by atoms with Gasteiger partial charge in [0.05, 0.1) is 18.8 Å². The van der Waals surface area contributed by atoms with Crippen molar-refractivity contribution in [3.63, 3.8) is 0 Å². The summed E-state index contributed by atoms with van der Waals surface area (Å²) in [7, 11) is 0. The van der Waals surface area contributed by atoms with Crippen LogP contribution >= 0.6 is 0 Å². The number of carbonyl (C=O) groups excluding carboxylic acids is 1. The molecular formula is C35H63NO4. The van der Waals surface area contributed by atoms with Crippen LogP contribution in [0.4, 0.5) is 0 Å². The van der Waals surface area contributed by atoms with Crippen LogP contribution in [-0.2, 0) is 4.79 Å². The highest BCUT2D eigenvalue weighted by molar-refractivity contribution is 5.80. The molecule has 5 heteroatoms. The summed E-state index contributed by atoms with van der Waals surface area (Å²) >= 11 is 0. The van der Waals surface area contributed by atoms with Crippen LogP contribution in [0.25, 0.3) is 0 Å². The number of aliphatic hydroxyl groups is 3. The molecule has 0 aromatic rings. The van der Waals surface area contributed by atoms with E-state index in [1.807, 2.05) is 6.08 Å². The average molecular weight is 562 g/mol. The van der Waals surface area contributed by atoms with E-state index in [1.54, 1.807) is 6.08 Å². The maximum absolute atomic E-state index is 12.3. The number of hydrogen-bond donors (Lipinski definition) is 4. The van der Waals surface area contributed by atoms with Gasteiger partial charge in [0.15, 0.2) is 0 Å². The minimum atomic E-state index is -1.12. The number of nitrogens with one attached hydrogen (secondary N) is 1. The second kappa shape index (κ2) is 30.3. The van der Waals surface area contributed by atoms with Gasteiger partial charge in [0.25, 0.3) is 0 Å². The number of allylic oxidation sites excluding steroid dienone is 7. The summed E-state index contributed by atoms with van der Waals surface area (Å²) in [6, 6.07) is -0.823. The summed E-state index contributed by atoms with van der Waals surface area (Å²) in [5.41, 5.74) is 0. The van der Waals surface area contributed by atoms with Gasteiger partial charge in [-0.1, -0.05) is 127 Å². The molecule has 232 valence electrons. The van der Waals surface area contributed by atoms with Crippen molar-refractivity contribution in [3.05, 3.63) is 48.6 Å². The van der Waals surface area contributed by atoms with E-state index in [0.29, 0.717) is 6.42 Å². The Bertz CT molecular complexity index is 670. The molecule has 0 saturated heterocycles. The Morgan fingerprint density at radius 2 is 1.05 bits per heavy atom. The fourth-order valence-electron chi connectivity index (χ4n) is 4.43. The van der Waals surface area contributed by atoms with E-state index in [2.05, 4.69) is 55.6 Å². The van der Waals surface area contributed by atoms with Crippen molar-refractivity contribution < 1.29 is 20.1 Å². The molecule has 0 heterocycles. The van der Waals surface area contributed by atoms with E-state index < -0.39 is 24.2 Å². The van der Waals surface area contributed by atoms with Crippen molar-refractivity contribution in [1.82, 2.24) is 5.32 Å². The highest BCUT2D eigenvalue weighted by Gasteiger charge is 2.22. The van der Waals surface area contributed by atoms with Gasteiger partial charge >= 0.3 is 0 Å². The van der Waals surface area contributed by atoms with Gasteiger partial charge < -0.3 is 20.6 Å². The standard InChI is InChI=1S/C35H63NO4/c1-3-5-7-9-11-13-15-16-17-18-19-20-22-23-25-27-29-33(38)32(31-37)36-35(40)34(39)30-28-26-24-21-14-12-10-8-6-4-2/h10,12,16-17,20,22,27,29,32-34,37-39H,3-9,11,13-15,18-19,21,23-26,28,30-31H2,1-2H3,(H,36,40)/b12-10-,17-16+,22-20+,29-27+. The molecule has 0 aliphatic rings. The van der Waals surface area contributed by atoms with Gasteiger partial charge in [0.2, 0.25) is 5.91 Å². The Morgan fingerprint density at radius 3 is 1.60 bits per heavy atom. The normalized spacial score (nSPS) is 14.6. The molecule has 0 bridgehead atoms. The monoisotopic (exact) mass is 561 g/mol. The lowest BCUT2D eigenvalue weighted by Crippen LogP contribution is -2.48. The number of rotatable bonds is 28. The van der Waals surface area contributed by atoms with Crippen LogP contribution in [0.3, 0.4) is 0 Å². The van der Waals surface area contributed by atoms with Gasteiger partial charge in [-0.2, -0.15) is 0 Å². The first kappa shape index (κ1) is 38.3. The maximum Gasteiger partial charge on any atom is 0.249 e. The number of unbranched alkanes of at least 4 members (excludes halogenated alkanes) is 14. The summed E-state index contributed by atoms with van der Waals surface area (Å²) in [5, 5.41) is 32.7. The first-order valence-corrected chi connectivity index (χ1v) is 16.5. The second-order valence-corrected chi connectivity index (χ2v) is 11.0. The quantitative estimate of drug-likeness (QED) is 0.0572. The summed E-state index contributed by atoms with van der Waals surface area (Å²) in [5.74, 6) is -0.533. The van der Waals surface area contributed by atoms with E-state index in [0.717, 1.165) is 64.2 Å². The molecule has 0 saturated carbocycles. The topological polar surface area (TPSA) is 89.8 Å². The van der Waals surface area contributed by atoms with Gasteiger partial charge in [-0.15, -0.1) is 0 Å². The van der Waals surface area contributed by atoms with Crippen molar-refractivity contribution in [2.75, 3.05) is 6.61 Å². The lowest BCUT2D eigenvalue weighted by Gasteiger charge is -2.21. The zero-order valence-corrected chi connectivity index (χ0v) is 25.9. The second-order valence-electron chi connectivity index (χ2n) is 11.0. The van der Waals surface area contributed by atoms with E-state index in [1.165, 1.54) is 57.8 Å². The van der Waals surface area contributed by atoms with Gasteiger partial charge in [-0.3, -0.25) is 4.79 Å². The van der Waals surface area contributed by atoms with Gasteiger partial charge in [0.1, 0.15) is 6.10 Å². The lowest BCUT2D eigenvalue weighted by molar-refractivity contribution is -0.131. The molecule has 0 fully saturated rings. The Balaban J connectivity index is 3.92. The Labute approximate surface area is 246 Å². The maximum atomic E-state index is 12.3. The van der Waals surface area contributed by atoms with E-state index >= 15 is 0 Å². The van der Waals surface area contributed by atoms with Crippen molar-refractivity contribution >= 4 is 5.91 Å². The summed E-state index contributed by atoms with van der Waals surface area (Å²) < 4.78 is 0. The molecule has 0 spiro atoms. The Kier molecular flexibility index (Phi) is 29.0. The number of aliphatic hydroxyl groups excluding tert-OH is 3. The van der Waals surface area contributed by atoms with Crippen LogP contribution in [0.1, 0.15) is 142 Å². The van der Waals surface area contributed by atoms with Crippen molar-refractivity contribution in [2.45, 2.75) is 161 Å². The first-order chi connectivity index (χ1) is 19.6. The summed E-state index contributed by atoms with van der Waals surface area (Å²) in [6.07, 6.45) is 36.9. The number of amides is 1. The lowest BCUT2D eigenvalue weighted by atomic mass is 10.1. The minimum Gasteiger partial charge on any atom is -0.394 e. The van der Waals surface area contributed by atoms with Crippen LogP contribution < -0.4 is 5.32 Å². The molecule has 3 unspecified atom stereocenters. The molecule has 0 aliphatic carbocycles. The van der Waals surface area contributed by atoms with Crippen LogP contribution in [0.5, 0.6) is 0 Å². The van der Waals surface area contributed by atoms with Gasteiger partial charge in [-0.05, 0) is 64.2 Å². The van der Waals surface area contributed by atoms with Crippen LogP contribution in [0, 0.1) is 0 Å². The van der Waals surface area contributed by atoms with Gasteiger partial charge in [0, 0.05) is 0 Å². The zero-order valence-electron chi connectivity index (χ0n) is 25.9. The number of hydrogen-bond acceptors (Lipinski definition) is 4. The van der Waals surface area contributed by atoms with Crippen molar-refractivity contribution in [3.8, 4) is 0 Å². The molecule has 5 nitrogen and oxygen atoms in total. The Hall–Kier alpha value is -1.69. The molecular weight excluding hydrogens is 498 g/mol. The zero-order chi connectivity index (χ0) is 29.5.